The molecular weight excluding hydrogens is 208 g/mol. The molecule has 0 saturated carbocycles. The van der Waals surface area contributed by atoms with E-state index in [0.29, 0.717) is 0 Å². The Morgan fingerprint density at radius 3 is 2.50 bits per heavy atom. The number of rotatable bonds is 3. The molecular formula is C8H9ClN2O3. The molecule has 0 aliphatic heterocycles. The lowest BCUT2D eigenvalue weighted by Gasteiger charge is -1.97. The number of nitrogens with zero attached hydrogens (tertiary/aromatic N) is 1. The third-order valence-corrected chi connectivity index (χ3v) is 1.77. The summed E-state index contributed by atoms with van der Waals surface area (Å²) in [5.74, 6) is -0.681. The topological polar surface area (TPSA) is 95.2 Å². The van der Waals surface area contributed by atoms with Crippen LogP contribution in [0.25, 0.3) is 0 Å². The number of hydrogen-bond donors (Lipinski definition) is 1. The van der Waals surface area contributed by atoms with E-state index in [2.05, 4.69) is 0 Å². The zero-order valence-electron chi connectivity index (χ0n) is 7.27. The van der Waals surface area contributed by atoms with Crippen LogP contribution in [0.1, 0.15) is 10.4 Å². The summed E-state index contributed by atoms with van der Waals surface area (Å²) >= 11 is 5.29. The van der Waals surface area contributed by atoms with E-state index in [0.717, 1.165) is 0 Å². The molecule has 0 atom stereocenters. The molecule has 0 heterocycles. The van der Waals surface area contributed by atoms with Crippen LogP contribution in [0.3, 0.4) is 0 Å². The second-order valence-electron chi connectivity index (χ2n) is 2.33. The number of halogens is 1. The first-order valence-electron chi connectivity index (χ1n) is 3.49. The summed E-state index contributed by atoms with van der Waals surface area (Å²) in [6, 6.07) is 5.73. The van der Waals surface area contributed by atoms with E-state index >= 15 is 0 Å². The minimum Gasteiger partial charge on any atom is -0.344 e. The summed E-state index contributed by atoms with van der Waals surface area (Å²) < 4.78 is 0. The first-order valence-corrected chi connectivity index (χ1v) is 4.03. The van der Waals surface area contributed by atoms with Crippen molar-refractivity contribution in [3.63, 3.8) is 0 Å². The fourth-order valence-corrected chi connectivity index (χ4v) is 1.08. The SMILES string of the molecule is N.O=C(CCl)c1ccccc1[N+](=O)[O-]. The van der Waals surface area contributed by atoms with Crippen LogP contribution in [0.4, 0.5) is 5.69 Å². The summed E-state index contributed by atoms with van der Waals surface area (Å²) in [5, 5.41) is 10.5. The van der Waals surface area contributed by atoms with Crippen molar-refractivity contribution in [2.45, 2.75) is 0 Å². The highest BCUT2D eigenvalue weighted by Crippen LogP contribution is 2.18. The van der Waals surface area contributed by atoms with Gasteiger partial charge in [-0.3, -0.25) is 14.9 Å². The zero-order chi connectivity index (χ0) is 9.84. The Hall–Kier alpha value is -1.46. The predicted octanol–water partition coefficient (Wildman–Crippen LogP) is 2.18. The third-order valence-electron chi connectivity index (χ3n) is 1.52. The number of hydrogen-bond acceptors (Lipinski definition) is 4. The van der Waals surface area contributed by atoms with Crippen molar-refractivity contribution < 1.29 is 9.72 Å². The number of carbonyl (C=O) groups is 1. The van der Waals surface area contributed by atoms with Gasteiger partial charge in [0.15, 0.2) is 5.78 Å². The van der Waals surface area contributed by atoms with E-state index in [1.54, 1.807) is 6.07 Å². The van der Waals surface area contributed by atoms with Gasteiger partial charge in [0.05, 0.1) is 16.4 Å². The molecule has 6 heteroatoms. The molecule has 1 rings (SSSR count). The van der Waals surface area contributed by atoms with E-state index in [-0.39, 0.29) is 23.3 Å². The molecule has 1 aromatic carbocycles. The molecule has 1 aromatic rings. The molecule has 5 nitrogen and oxygen atoms in total. The summed E-state index contributed by atoms with van der Waals surface area (Å²) in [6.07, 6.45) is 0. The Morgan fingerprint density at radius 1 is 1.43 bits per heavy atom. The number of carbonyl (C=O) groups excluding carboxylic acids is 1. The molecule has 0 spiro atoms. The number of nitro benzene ring substituents is 1. The number of benzene rings is 1. The summed E-state index contributed by atoms with van der Waals surface area (Å²) in [6.45, 7) is 0. The maximum absolute atomic E-state index is 11.1. The third kappa shape index (κ3) is 2.51. The lowest BCUT2D eigenvalue weighted by atomic mass is 10.1. The van der Waals surface area contributed by atoms with Gasteiger partial charge >= 0.3 is 0 Å². The van der Waals surface area contributed by atoms with Crippen LogP contribution in [-0.2, 0) is 0 Å². The largest absolute Gasteiger partial charge is 0.344 e. The molecule has 0 unspecified atom stereocenters. The fraction of sp³-hybridized carbons (Fsp3) is 0.125. The summed E-state index contributed by atoms with van der Waals surface area (Å²) in [5.41, 5.74) is -0.143. The summed E-state index contributed by atoms with van der Waals surface area (Å²) in [7, 11) is 0. The number of ketones is 1. The lowest BCUT2D eigenvalue weighted by molar-refractivity contribution is -0.385. The van der Waals surface area contributed by atoms with E-state index in [4.69, 9.17) is 11.6 Å². The van der Waals surface area contributed by atoms with E-state index in [9.17, 15) is 14.9 Å². The average Bonchev–Trinajstić information content (AvgIpc) is 2.16. The van der Waals surface area contributed by atoms with Crippen molar-refractivity contribution >= 4 is 23.1 Å². The molecule has 0 bridgehead atoms. The van der Waals surface area contributed by atoms with Gasteiger partial charge < -0.3 is 6.15 Å². The average molecular weight is 217 g/mol. The van der Waals surface area contributed by atoms with Crippen LogP contribution in [-0.4, -0.2) is 16.6 Å². The van der Waals surface area contributed by atoms with Crippen LogP contribution < -0.4 is 6.15 Å². The van der Waals surface area contributed by atoms with E-state index in [1.807, 2.05) is 0 Å². The Bertz CT molecular complexity index is 354. The van der Waals surface area contributed by atoms with Crippen molar-refractivity contribution in [2.24, 2.45) is 0 Å². The Morgan fingerprint density at radius 2 is 2.00 bits per heavy atom. The molecule has 3 N–H and O–H groups in total. The number of alkyl halides is 1. The highest BCUT2D eigenvalue weighted by atomic mass is 35.5. The Kier molecular flexibility index (Phi) is 4.76. The van der Waals surface area contributed by atoms with Gasteiger partial charge in [0.25, 0.3) is 5.69 Å². The molecule has 0 amide bonds. The van der Waals surface area contributed by atoms with Crippen molar-refractivity contribution in [1.82, 2.24) is 6.15 Å². The minimum atomic E-state index is -0.597. The van der Waals surface area contributed by atoms with Crippen molar-refractivity contribution in [3.05, 3.63) is 39.9 Å². The fourth-order valence-electron chi connectivity index (χ4n) is 0.941. The van der Waals surface area contributed by atoms with Gasteiger partial charge in [0, 0.05) is 6.07 Å². The van der Waals surface area contributed by atoms with Crippen molar-refractivity contribution in [1.29, 1.82) is 0 Å². The van der Waals surface area contributed by atoms with Crippen molar-refractivity contribution in [2.75, 3.05) is 5.88 Å². The van der Waals surface area contributed by atoms with Gasteiger partial charge in [0.2, 0.25) is 0 Å². The van der Waals surface area contributed by atoms with Crippen molar-refractivity contribution in [3.8, 4) is 0 Å². The zero-order valence-corrected chi connectivity index (χ0v) is 8.03. The highest BCUT2D eigenvalue weighted by Gasteiger charge is 2.17. The van der Waals surface area contributed by atoms with E-state index < -0.39 is 10.7 Å². The minimum absolute atomic E-state index is 0. The van der Waals surface area contributed by atoms with Gasteiger partial charge in [-0.25, -0.2) is 0 Å². The molecule has 76 valence electrons. The molecule has 14 heavy (non-hydrogen) atoms. The second kappa shape index (κ2) is 5.31. The molecule has 0 aliphatic rings. The Labute approximate surface area is 85.4 Å². The van der Waals surface area contributed by atoms with Crippen LogP contribution in [0, 0.1) is 10.1 Å². The van der Waals surface area contributed by atoms with Crippen LogP contribution >= 0.6 is 11.6 Å². The van der Waals surface area contributed by atoms with Gasteiger partial charge in [-0.15, -0.1) is 11.6 Å². The van der Waals surface area contributed by atoms with Crippen LogP contribution in [0.5, 0.6) is 0 Å². The van der Waals surface area contributed by atoms with Gasteiger partial charge in [-0.2, -0.15) is 0 Å². The first kappa shape index (κ1) is 12.5. The molecule has 0 aliphatic carbocycles. The molecule has 0 fully saturated rings. The second-order valence-corrected chi connectivity index (χ2v) is 2.60. The van der Waals surface area contributed by atoms with Gasteiger partial charge in [-0.05, 0) is 6.07 Å². The molecule has 0 aromatic heterocycles. The predicted molar refractivity (Wildman–Crippen MR) is 53.2 cm³/mol. The normalized spacial score (nSPS) is 8.93. The summed E-state index contributed by atoms with van der Waals surface area (Å²) in [4.78, 5) is 21.0. The maximum Gasteiger partial charge on any atom is 0.280 e. The van der Waals surface area contributed by atoms with Crippen LogP contribution in [0.2, 0.25) is 0 Å². The Balaban J connectivity index is 0.00000169. The molecule has 0 saturated heterocycles. The maximum atomic E-state index is 11.1. The smallest absolute Gasteiger partial charge is 0.280 e. The number of Topliss-reactive ketones (excluding diaryl/α,β-unsaturated/α-hetero) is 1. The highest BCUT2D eigenvalue weighted by molar-refractivity contribution is 6.31. The van der Waals surface area contributed by atoms with Gasteiger partial charge in [-0.1, -0.05) is 12.1 Å². The monoisotopic (exact) mass is 216 g/mol. The van der Waals surface area contributed by atoms with E-state index in [1.165, 1.54) is 18.2 Å². The van der Waals surface area contributed by atoms with Crippen LogP contribution in [0.15, 0.2) is 24.3 Å². The molecule has 0 radical (unpaired) electrons. The lowest BCUT2D eigenvalue weighted by Crippen LogP contribution is -2.04. The first-order chi connectivity index (χ1) is 6.16. The number of nitro groups is 1. The number of para-hydroxylation sites is 1. The standard InChI is InChI=1S/C8H6ClNO3.H3N/c9-5-8(11)6-3-1-2-4-7(6)10(12)13;/h1-4H,5H2;1H3. The van der Waals surface area contributed by atoms with Gasteiger partial charge in [0.1, 0.15) is 0 Å². The quantitative estimate of drug-likeness (QED) is 0.363.